The van der Waals surface area contributed by atoms with Crippen molar-refractivity contribution in [2.75, 3.05) is 10.8 Å². The monoisotopic (exact) mass is 479 g/mol. The van der Waals surface area contributed by atoms with Crippen LogP contribution in [0, 0.1) is 5.82 Å². The highest BCUT2D eigenvalue weighted by Gasteiger charge is 2.33. The molecule has 0 radical (unpaired) electrons. The number of hydrogen-bond acceptors (Lipinski definition) is 4. The SMILES string of the molecule is O=C(CN(c1cccc(C(F)(F)F)c1)S(=O)(=O)c1ccccc1)N/N=C\c1ccc(F)cc1. The molecule has 3 aromatic rings. The summed E-state index contributed by atoms with van der Waals surface area (Å²) in [5, 5.41) is 3.68. The van der Waals surface area contributed by atoms with Gasteiger partial charge in [0.15, 0.2) is 0 Å². The number of benzene rings is 3. The number of sulfonamides is 1. The largest absolute Gasteiger partial charge is 0.416 e. The van der Waals surface area contributed by atoms with Crippen LogP contribution in [0.25, 0.3) is 0 Å². The minimum atomic E-state index is -4.71. The van der Waals surface area contributed by atoms with Crippen LogP contribution in [0.5, 0.6) is 0 Å². The van der Waals surface area contributed by atoms with E-state index in [2.05, 4.69) is 10.5 Å². The summed E-state index contributed by atoms with van der Waals surface area (Å²) in [6.45, 7) is -0.834. The van der Waals surface area contributed by atoms with Gasteiger partial charge in [0.05, 0.1) is 22.4 Å². The molecule has 0 bridgehead atoms. The molecule has 11 heteroatoms. The van der Waals surface area contributed by atoms with Gasteiger partial charge in [-0.15, -0.1) is 0 Å². The van der Waals surface area contributed by atoms with Crippen LogP contribution < -0.4 is 9.73 Å². The van der Waals surface area contributed by atoms with E-state index in [4.69, 9.17) is 0 Å². The molecular formula is C22H17F4N3O3S. The van der Waals surface area contributed by atoms with Crippen molar-refractivity contribution in [3.05, 3.63) is 95.8 Å². The Morgan fingerprint density at radius 2 is 1.64 bits per heavy atom. The summed E-state index contributed by atoms with van der Waals surface area (Å²) in [5.74, 6) is -1.36. The normalized spacial score (nSPS) is 12.0. The van der Waals surface area contributed by atoms with E-state index in [-0.39, 0.29) is 10.6 Å². The van der Waals surface area contributed by atoms with Gasteiger partial charge < -0.3 is 0 Å². The topological polar surface area (TPSA) is 78.8 Å². The number of hydrogen-bond donors (Lipinski definition) is 1. The number of carbonyl (C=O) groups is 1. The first-order valence-electron chi connectivity index (χ1n) is 9.40. The van der Waals surface area contributed by atoms with E-state index < -0.39 is 40.0 Å². The number of amides is 1. The lowest BCUT2D eigenvalue weighted by Crippen LogP contribution is -2.39. The maximum Gasteiger partial charge on any atom is 0.416 e. The van der Waals surface area contributed by atoms with Crippen LogP contribution in [0.4, 0.5) is 23.2 Å². The van der Waals surface area contributed by atoms with E-state index in [0.717, 1.165) is 18.2 Å². The van der Waals surface area contributed by atoms with Gasteiger partial charge in [-0.2, -0.15) is 18.3 Å². The molecule has 0 aliphatic heterocycles. The highest BCUT2D eigenvalue weighted by molar-refractivity contribution is 7.92. The van der Waals surface area contributed by atoms with Crippen LogP contribution in [-0.4, -0.2) is 27.1 Å². The molecule has 172 valence electrons. The summed E-state index contributed by atoms with van der Waals surface area (Å²) in [6, 6.07) is 15.8. The minimum absolute atomic E-state index is 0.204. The number of halogens is 4. The lowest BCUT2D eigenvalue weighted by atomic mass is 10.2. The van der Waals surface area contributed by atoms with E-state index in [1.807, 2.05) is 0 Å². The van der Waals surface area contributed by atoms with Crippen LogP contribution in [0.2, 0.25) is 0 Å². The molecule has 0 fully saturated rings. The van der Waals surface area contributed by atoms with Crippen LogP contribution in [0.15, 0.2) is 88.9 Å². The summed E-state index contributed by atoms with van der Waals surface area (Å²) in [6.07, 6.45) is -3.50. The molecular weight excluding hydrogens is 462 g/mol. The summed E-state index contributed by atoms with van der Waals surface area (Å²) in [7, 11) is -4.38. The van der Waals surface area contributed by atoms with Crippen molar-refractivity contribution in [3.8, 4) is 0 Å². The Morgan fingerprint density at radius 1 is 0.970 bits per heavy atom. The maximum absolute atomic E-state index is 13.2. The van der Waals surface area contributed by atoms with Crippen molar-refractivity contribution >= 4 is 27.8 Å². The second kappa shape index (κ2) is 9.82. The zero-order valence-electron chi connectivity index (χ0n) is 16.8. The number of hydrazone groups is 1. The Labute approximate surface area is 187 Å². The fourth-order valence-corrected chi connectivity index (χ4v) is 4.20. The van der Waals surface area contributed by atoms with Gasteiger partial charge in [0.25, 0.3) is 15.9 Å². The molecule has 1 amide bonds. The Bertz CT molecular complexity index is 1250. The van der Waals surface area contributed by atoms with E-state index >= 15 is 0 Å². The zero-order chi connectivity index (χ0) is 24.1. The summed E-state index contributed by atoms with van der Waals surface area (Å²) in [4.78, 5) is 12.2. The molecule has 0 spiro atoms. The average molecular weight is 479 g/mol. The van der Waals surface area contributed by atoms with Gasteiger partial charge in [0, 0.05) is 0 Å². The third kappa shape index (κ3) is 6.16. The fraction of sp³-hybridized carbons (Fsp3) is 0.0909. The molecule has 6 nitrogen and oxygen atoms in total. The summed E-state index contributed by atoms with van der Waals surface area (Å²) in [5.41, 5.74) is 1.18. The number of nitrogens with zero attached hydrogens (tertiary/aromatic N) is 2. The Kier molecular flexibility index (Phi) is 7.12. The summed E-state index contributed by atoms with van der Waals surface area (Å²) < 4.78 is 79.3. The molecule has 0 saturated heterocycles. The molecule has 0 aliphatic rings. The average Bonchev–Trinajstić information content (AvgIpc) is 2.79. The van der Waals surface area contributed by atoms with E-state index in [9.17, 15) is 30.8 Å². The first-order valence-corrected chi connectivity index (χ1v) is 10.8. The van der Waals surface area contributed by atoms with Gasteiger partial charge >= 0.3 is 6.18 Å². The van der Waals surface area contributed by atoms with E-state index in [0.29, 0.717) is 15.9 Å². The lowest BCUT2D eigenvalue weighted by Gasteiger charge is -2.24. The predicted octanol–water partition coefficient (Wildman–Crippen LogP) is 4.19. The molecule has 0 unspecified atom stereocenters. The minimum Gasteiger partial charge on any atom is -0.271 e. The number of carbonyl (C=O) groups excluding carboxylic acids is 1. The third-order valence-electron chi connectivity index (χ3n) is 4.35. The van der Waals surface area contributed by atoms with E-state index in [1.165, 1.54) is 54.7 Å². The second-order valence-electron chi connectivity index (χ2n) is 6.72. The first-order chi connectivity index (χ1) is 15.6. The molecule has 0 saturated carbocycles. The second-order valence-corrected chi connectivity index (χ2v) is 8.58. The standard InChI is InChI=1S/C22H17F4N3O3S/c23-18-11-9-16(10-12-18)14-27-28-21(30)15-29(33(31,32)20-7-2-1-3-8-20)19-6-4-5-17(13-19)22(24,25)26/h1-14H,15H2,(H,28,30)/b27-14-. The zero-order valence-corrected chi connectivity index (χ0v) is 17.6. The number of nitrogens with one attached hydrogen (secondary N) is 1. The Morgan fingerprint density at radius 3 is 2.27 bits per heavy atom. The van der Waals surface area contributed by atoms with Gasteiger partial charge in [-0.05, 0) is 48.0 Å². The Balaban J connectivity index is 1.89. The molecule has 33 heavy (non-hydrogen) atoms. The van der Waals surface area contributed by atoms with Crippen LogP contribution in [0.3, 0.4) is 0 Å². The van der Waals surface area contributed by atoms with Crippen molar-refractivity contribution < 1.29 is 30.8 Å². The summed E-state index contributed by atoms with van der Waals surface area (Å²) >= 11 is 0. The highest BCUT2D eigenvalue weighted by Crippen LogP contribution is 2.33. The maximum atomic E-state index is 13.2. The highest BCUT2D eigenvalue weighted by atomic mass is 32.2. The Hall–Kier alpha value is -3.73. The number of anilines is 1. The third-order valence-corrected chi connectivity index (χ3v) is 6.14. The van der Waals surface area contributed by atoms with Crippen LogP contribution >= 0.6 is 0 Å². The van der Waals surface area contributed by atoms with Crippen LogP contribution in [0.1, 0.15) is 11.1 Å². The van der Waals surface area contributed by atoms with Gasteiger partial charge in [0.1, 0.15) is 12.4 Å². The van der Waals surface area contributed by atoms with Gasteiger partial charge in [-0.3, -0.25) is 9.10 Å². The molecule has 0 aliphatic carbocycles. The molecule has 0 atom stereocenters. The number of rotatable bonds is 7. The van der Waals surface area contributed by atoms with Gasteiger partial charge in [0.2, 0.25) is 0 Å². The molecule has 0 aromatic heterocycles. The van der Waals surface area contributed by atoms with Crippen molar-refractivity contribution in [2.45, 2.75) is 11.1 Å². The van der Waals surface area contributed by atoms with Crippen molar-refractivity contribution in [1.82, 2.24) is 5.43 Å². The lowest BCUT2D eigenvalue weighted by molar-refractivity contribution is -0.137. The van der Waals surface area contributed by atoms with Gasteiger partial charge in [-0.25, -0.2) is 18.2 Å². The molecule has 0 heterocycles. The van der Waals surface area contributed by atoms with E-state index in [1.54, 1.807) is 6.07 Å². The number of alkyl halides is 3. The van der Waals surface area contributed by atoms with Crippen LogP contribution in [-0.2, 0) is 21.0 Å². The predicted molar refractivity (Wildman–Crippen MR) is 115 cm³/mol. The molecule has 3 rings (SSSR count). The smallest absolute Gasteiger partial charge is 0.271 e. The first kappa shape index (κ1) is 23.9. The van der Waals surface area contributed by atoms with Gasteiger partial charge in [-0.1, -0.05) is 36.4 Å². The fourth-order valence-electron chi connectivity index (χ4n) is 2.77. The molecule has 3 aromatic carbocycles. The van der Waals surface area contributed by atoms with Crippen molar-refractivity contribution in [1.29, 1.82) is 0 Å². The quantitative estimate of drug-likeness (QED) is 0.314. The molecule has 1 N–H and O–H groups in total. The van der Waals surface area contributed by atoms with Crippen molar-refractivity contribution in [2.24, 2.45) is 5.10 Å². The van der Waals surface area contributed by atoms with Crippen molar-refractivity contribution in [3.63, 3.8) is 0 Å².